The average Bonchev–Trinajstić information content (AvgIpc) is 3.26. The van der Waals surface area contributed by atoms with Crippen LogP contribution < -0.4 is 4.90 Å². The highest BCUT2D eigenvalue weighted by molar-refractivity contribution is 7.15. The van der Waals surface area contributed by atoms with Crippen LogP contribution in [0.2, 0.25) is 0 Å². The van der Waals surface area contributed by atoms with Crippen molar-refractivity contribution < 1.29 is 4.39 Å². The maximum absolute atomic E-state index is 13.0. The Morgan fingerprint density at radius 1 is 1.20 bits per heavy atom. The average molecular weight is 358 g/mol. The van der Waals surface area contributed by atoms with Crippen molar-refractivity contribution in [2.75, 3.05) is 18.0 Å². The van der Waals surface area contributed by atoms with Crippen LogP contribution in [-0.4, -0.2) is 38.1 Å². The van der Waals surface area contributed by atoms with Crippen molar-refractivity contribution in [1.29, 1.82) is 0 Å². The monoisotopic (exact) mass is 358 g/mol. The third-order valence-corrected chi connectivity index (χ3v) is 5.51. The lowest BCUT2D eigenvalue weighted by Gasteiger charge is -2.31. The van der Waals surface area contributed by atoms with Gasteiger partial charge in [0.1, 0.15) is 23.0 Å². The number of aromatic nitrogens is 5. The topological polar surface area (TPSA) is 59.7 Å². The minimum Gasteiger partial charge on any atom is -0.346 e. The number of nitrogens with zero attached hydrogens (tertiary/aromatic N) is 6. The summed E-state index contributed by atoms with van der Waals surface area (Å²) in [4.78, 5) is 2.29. The predicted octanol–water partition coefficient (Wildman–Crippen LogP) is 2.78. The van der Waals surface area contributed by atoms with Crippen molar-refractivity contribution in [3.63, 3.8) is 0 Å². The smallest absolute Gasteiger partial charge is 0.208 e. The first-order valence-corrected chi connectivity index (χ1v) is 9.16. The van der Waals surface area contributed by atoms with Crippen LogP contribution in [-0.2, 0) is 13.5 Å². The van der Waals surface area contributed by atoms with E-state index in [4.69, 9.17) is 0 Å². The van der Waals surface area contributed by atoms with E-state index in [0.717, 1.165) is 47.5 Å². The molecule has 1 fully saturated rings. The number of piperidine rings is 1. The number of rotatable bonds is 4. The minimum atomic E-state index is -0.218. The fourth-order valence-corrected chi connectivity index (χ4v) is 4.15. The first kappa shape index (κ1) is 16.1. The molecule has 0 bridgehead atoms. The summed E-state index contributed by atoms with van der Waals surface area (Å²) in [6.45, 7) is 1.87. The van der Waals surface area contributed by atoms with E-state index in [9.17, 15) is 4.39 Å². The molecule has 1 atom stereocenters. The zero-order valence-electron chi connectivity index (χ0n) is 14.0. The largest absolute Gasteiger partial charge is 0.346 e. The Hall–Kier alpha value is -2.35. The van der Waals surface area contributed by atoms with Crippen LogP contribution in [0.5, 0.6) is 0 Å². The molecule has 6 nitrogen and oxygen atoms in total. The Bertz CT molecular complexity index is 843. The van der Waals surface area contributed by atoms with Crippen molar-refractivity contribution in [2.45, 2.75) is 25.2 Å². The number of hydrogen-bond acceptors (Lipinski definition) is 6. The number of halogens is 1. The van der Waals surface area contributed by atoms with E-state index in [0.29, 0.717) is 12.3 Å². The van der Waals surface area contributed by atoms with E-state index < -0.39 is 0 Å². The molecule has 1 aromatic carbocycles. The third kappa shape index (κ3) is 3.53. The van der Waals surface area contributed by atoms with Gasteiger partial charge < -0.3 is 9.47 Å². The summed E-state index contributed by atoms with van der Waals surface area (Å²) in [7, 11) is 1.99. The lowest BCUT2D eigenvalue weighted by molar-refractivity contribution is 0.479. The Balaban J connectivity index is 1.46. The van der Waals surface area contributed by atoms with Gasteiger partial charge in [-0.2, -0.15) is 0 Å². The Kier molecular flexibility index (Phi) is 4.44. The van der Waals surface area contributed by atoms with E-state index in [2.05, 4.69) is 25.3 Å². The molecule has 0 radical (unpaired) electrons. The second-order valence-electron chi connectivity index (χ2n) is 6.37. The normalized spacial score (nSPS) is 17.8. The van der Waals surface area contributed by atoms with Gasteiger partial charge in [0.05, 0.1) is 0 Å². The molecule has 25 heavy (non-hydrogen) atoms. The minimum absolute atomic E-state index is 0.218. The molecule has 2 aromatic heterocycles. The molecule has 1 unspecified atom stereocenters. The summed E-state index contributed by atoms with van der Waals surface area (Å²) in [5, 5.41) is 18.8. The molecule has 0 aliphatic carbocycles. The van der Waals surface area contributed by atoms with Crippen LogP contribution in [0.1, 0.15) is 35.2 Å². The number of hydrogen-bond donors (Lipinski definition) is 0. The Morgan fingerprint density at radius 3 is 2.80 bits per heavy atom. The molecule has 3 heterocycles. The second-order valence-corrected chi connectivity index (χ2v) is 7.41. The Labute approximate surface area is 149 Å². The summed E-state index contributed by atoms with van der Waals surface area (Å²) in [6, 6.07) is 6.55. The van der Waals surface area contributed by atoms with Crippen LogP contribution in [0.25, 0.3) is 0 Å². The van der Waals surface area contributed by atoms with Crippen LogP contribution in [0.15, 0.2) is 30.6 Å². The molecular formula is C17H19FN6S. The van der Waals surface area contributed by atoms with Gasteiger partial charge in [0, 0.05) is 32.5 Å². The first-order chi connectivity index (χ1) is 12.2. The highest BCUT2D eigenvalue weighted by Crippen LogP contribution is 2.30. The van der Waals surface area contributed by atoms with E-state index in [1.807, 2.05) is 11.6 Å². The molecule has 4 rings (SSSR count). The zero-order chi connectivity index (χ0) is 17.2. The zero-order valence-corrected chi connectivity index (χ0v) is 14.8. The van der Waals surface area contributed by atoms with Gasteiger partial charge in [-0.3, -0.25) is 0 Å². The highest BCUT2D eigenvalue weighted by Gasteiger charge is 2.26. The van der Waals surface area contributed by atoms with Gasteiger partial charge in [-0.1, -0.05) is 23.5 Å². The van der Waals surface area contributed by atoms with Gasteiger partial charge in [0.15, 0.2) is 0 Å². The SMILES string of the molecule is Cn1cnnc1C1CCCN(c2nnc(Cc3ccc(F)cc3)s2)C1. The lowest BCUT2D eigenvalue weighted by atomic mass is 9.97. The summed E-state index contributed by atoms with van der Waals surface area (Å²) < 4.78 is 15.0. The fourth-order valence-electron chi connectivity index (χ4n) is 3.24. The van der Waals surface area contributed by atoms with Crippen LogP contribution in [0, 0.1) is 5.82 Å². The third-order valence-electron chi connectivity index (χ3n) is 4.53. The molecule has 0 spiro atoms. The molecule has 0 amide bonds. The lowest BCUT2D eigenvalue weighted by Crippen LogP contribution is -2.35. The maximum atomic E-state index is 13.0. The molecule has 1 aliphatic rings. The standard InChI is InChI=1S/C17H19FN6S/c1-23-11-19-21-16(23)13-3-2-8-24(10-13)17-22-20-15(25-17)9-12-4-6-14(18)7-5-12/h4-7,11,13H,2-3,8-10H2,1H3. The number of aryl methyl sites for hydroxylation is 1. The van der Waals surface area contributed by atoms with Gasteiger partial charge in [-0.05, 0) is 30.5 Å². The van der Waals surface area contributed by atoms with Crippen LogP contribution >= 0.6 is 11.3 Å². The molecule has 0 N–H and O–H groups in total. The molecule has 3 aromatic rings. The highest BCUT2D eigenvalue weighted by atomic mass is 32.1. The van der Waals surface area contributed by atoms with E-state index >= 15 is 0 Å². The first-order valence-electron chi connectivity index (χ1n) is 8.34. The van der Waals surface area contributed by atoms with Crippen molar-refractivity contribution in [3.05, 3.63) is 52.8 Å². The van der Waals surface area contributed by atoms with Gasteiger partial charge in [-0.15, -0.1) is 20.4 Å². The van der Waals surface area contributed by atoms with Crippen LogP contribution in [0.4, 0.5) is 9.52 Å². The maximum Gasteiger partial charge on any atom is 0.208 e. The predicted molar refractivity (Wildman–Crippen MR) is 94.3 cm³/mol. The second kappa shape index (κ2) is 6.87. The van der Waals surface area contributed by atoms with E-state index in [1.165, 1.54) is 12.1 Å². The van der Waals surface area contributed by atoms with Crippen molar-refractivity contribution >= 4 is 16.5 Å². The molecular weight excluding hydrogens is 339 g/mol. The van der Waals surface area contributed by atoms with Gasteiger partial charge in [-0.25, -0.2) is 4.39 Å². The summed E-state index contributed by atoms with van der Waals surface area (Å²) in [6.07, 6.45) is 4.65. The number of benzene rings is 1. The summed E-state index contributed by atoms with van der Waals surface area (Å²) >= 11 is 1.61. The summed E-state index contributed by atoms with van der Waals surface area (Å²) in [5.74, 6) is 1.18. The van der Waals surface area contributed by atoms with Crippen molar-refractivity contribution in [1.82, 2.24) is 25.0 Å². The molecule has 1 saturated heterocycles. The van der Waals surface area contributed by atoms with E-state index in [-0.39, 0.29) is 5.82 Å². The number of anilines is 1. The van der Waals surface area contributed by atoms with Crippen molar-refractivity contribution in [2.24, 2.45) is 7.05 Å². The summed E-state index contributed by atoms with van der Waals surface area (Å²) in [5.41, 5.74) is 1.04. The fraction of sp³-hybridized carbons (Fsp3) is 0.412. The molecule has 130 valence electrons. The molecule has 8 heteroatoms. The van der Waals surface area contributed by atoms with Crippen molar-refractivity contribution in [3.8, 4) is 0 Å². The van der Waals surface area contributed by atoms with Gasteiger partial charge >= 0.3 is 0 Å². The molecule has 1 aliphatic heterocycles. The quantitative estimate of drug-likeness (QED) is 0.718. The Morgan fingerprint density at radius 2 is 2.04 bits per heavy atom. The molecule has 0 saturated carbocycles. The van der Waals surface area contributed by atoms with Gasteiger partial charge in [0.25, 0.3) is 0 Å². The van der Waals surface area contributed by atoms with Gasteiger partial charge in [0.2, 0.25) is 5.13 Å². The van der Waals surface area contributed by atoms with Crippen LogP contribution in [0.3, 0.4) is 0 Å². The van der Waals surface area contributed by atoms with E-state index in [1.54, 1.807) is 29.8 Å².